The zero-order valence-corrected chi connectivity index (χ0v) is 15.8. The predicted molar refractivity (Wildman–Crippen MR) is 85.1 cm³/mol. The third-order valence-electron chi connectivity index (χ3n) is 3.43. The van der Waals surface area contributed by atoms with Gasteiger partial charge in [0.2, 0.25) is 11.2 Å². The van der Waals surface area contributed by atoms with E-state index in [-0.39, 0.29) is 4.90 Å². The van der Waals surface area contributed by atoms with E-state index in [0.717, 1.165) is 7.11 Å². The van der Waals surface area contributed by atoms with Crippen molar-refractivity contribution < 1.29 is 42.9 Å². The normalized spacial score (nSPS) is 25.1. The molecule has 0 aromatic carbocycles. The maximum Gasteiger partial charge on any atom is 0.421 e. The van der Waals surface area contributed by atoms with E-state index in [2.05, 4.69) is 4.74 Å². The highest BCUT2D eigenvalue weighted by Gasteiger charge is 2.85. The minimum atomic E-state index is -3.21. The zero-order valence-electron chi connectivity index (χ0n) is 15.8. The number of ether oxygens (including phenoxy) is 3. The molecule has 0 aromatic heterocycles. The number of carboxylic acids is 1. The average Bonchev–Trinajstić information content (AvgIpc) is 3.02. The maximum atomic E-state index is 14.9. The van der Waals surface area contributed by atoms with Gasteiger partial charge in [-0.15, -0.1) is 0 Å². The van der Waals surface area contributed by atoms with E-state index >= 15 is 0 Å². The molecule has 10 heteroatoms. The maximum absolute atomic E-state index is 14.9. The first-order valence-electron chi connectivity index (χ1n) is 7.79. The number of halogens is 1. The molecule has 0 aromatic rings. The predicted octanol–water partition coefficient (Wildman–Crippen LogP) is 2.27. The summed E-state index contributed by atoms with van der Waals surface area (Å²) >= 11 is 0. The first-order chi connectivity index (χ1) is 11.5. The van der Waals surface area contributed by atoms with Crippen molar-refractivity contribution in [2.24, 2.45) is 0 Å². The van der Waals surface area contributed by atoms with Crippen molar-refractivity contribution in [3.05, 3.63) is 0 Å². The molecule has 1 rings (SSSR count). The summed E-state index contributed by atoms with van der Waals surface area (Å²) in [5.74, 6) is -3.42. The first kappa shape index (κ1) is 21.7. The van der Waals surface area contributed by atoms with E-state index in [1.54, 1.807) is 0 Å². The molecular weight excluding hydrogens is 353 g/mol. The van der Waals surface area contributed by atoms with Gasteiger partial charge in [-0.3, -0.25) is 0 Å². The molecule has 0 radical (unpaired) electrons. The number of hydrogen-bond donors (Lipinski definition) is 1. The zero-order chi connectivity index (χ0) is 20.7. The molecule has 2 amide bonds. The number of carboxylic acid groups (broad SMARTS) is 1. The van der Waals surface area contributed by atoms with Gasteiger partial charge in [0.15, 0.2) is 0 Å². The molecule has 1 N–H and O–H groups in total. The fourth-order valence-electron chi connectivity index (χ4n) is 2.31. The second-order valence-electron chi connectivity index (χ2n) is 7.93. The second kappa shape index (κ2) is 6.40. The monoisotopic (exact) mass is 377 g/mol. The highest BCUT2D eigenvalue weighted by atomic mass is 19.1. The van der Waals surface area contributed by atoms with Crippen molar-refractivity contribution in [2.45, 2.75) is 70.4 Å². The van der Waals surface area contributed by atoms with Gasteiger partial charge in [0.05, 0.1) is 7.11 Å². The molecular formula is C16H24FNO8. The fraction of sp³-hybridized carbons (Fsp3) is 0.750. The average molecular weight is 377 g/mol. The van der Waals surface area contributed by atoms with Gasteiger partial charge in [-0.2, -0.15) is 4.90 Å². The van der Waals surface area contributed by atoms with Crippen molar-refractivity contribution in [3.63, 3.8) is 0 Å². The fourth-order valence-corrected chi connectivity index (χ4v) is 2.31. The van der Waals surface area contributed by atoms with Crippen molar-refractivity contribution in [2.75, 3.05) is 7.11 Å². The summed E-state index contributed by atoms with van der Waals surface area (Å²) in [7, 11) is 0.882. The molecule has 1 saturated carbocycles. The number of amides is 2. The molecule has 2 atom stereocenters. The lowest BCUT2D eigenvalue weighted by Gasteiger charge is -2.32. The van der Waals surface area contributed by atoms with Gasteiger partial charge in [-0.05, 0) is 41.5 Å². The molecule has 1 aliphatic rings. The van der Waals surface area contributed by atoms with Gasteiger partial charge in [-0.25, -0.2) is 23.6 Å². The topological polar surface area (TPSA) is 119 Å². The third-order valence-corrected chi connectivity index (χ3v) is 3.43. The van der Waals surface area contributed by atoms with Crippen molar-refractivity contribution in [1.82, 2.24) is 4.90 Å². The Kier molecular flexibility index (Phi) is 5.33. The Morgan fingerprint density at radius 2 is 1.35 bits per heavy atom. The lowest BCUT2D eigenvalue weighted by molar-refractivity contribution is -0.157. The molecule has 148 valence electrons. The Hall–Kier alpha value is -2.39. The number of esters is 1. The van der Waals surface area contributed by atoms with Crippen LogP contribution in [-0.4, -0.2) is 63.7 Å². The highest BCUT2D eigenvalue weighted by Crippen LogP contribution is 2.57. The Morgan fingerprint density at radius 1 is 0.962 bits per heavy atom. The van der Waals surface area contributed by atoms with Gasteiger partial charge in [0, 0.05) is 6.42 Å². The summed E-state index contributed by atoms with van der Waals surface area (Å²) < 4.78 is 29.4. The van der Waals surface area contributed by atoms with Crippen LogP contribution in [0.2, 0.25) is 0 Å². The lowest BCUT2D eigenvalue weighted by atomic mass is 10.1. The van der Waals surface area contributed by atoms with Crippen molar-refractivity contribution >= 4 is 24.1 Å². The van der Waals surface area contributed by atoms with Crippen molar-refractivity contribution in [1.29, 1.82) is 0 Å². The van der Waals surface area contributed by atoms with E-state index in [9.17, 15) is 23.6 Å². The molecule has 0 unspecified atom stereocenters. The first-order valence-corrected chi connectivity index (χ1v) is 7.79. The van der Waals surface area contributed by atoms with Crippen molar-refractivity contribution in [3.8, 4) is 0 Å². The molecule has 0 bridgehead atoms. The van der Waals surface area contributed by atoms with Crippen LogP contribution in [0.4, 0.5) is 14.0 Å². The van der Waals surface area contributed by atoms with Crippen LogP contribution in [0.5, 0.6) is 0 Å². The summed E-state index contributed by atoms with van der Waals surface area (Å²) in [5, 5.41) is 9.16. The number of hydrogen-bond acceptors (Lipinski definition) is 7. The third kappa shape index (κ3) is 3.88. The van der Waals surface area contributed by atoms with E-state index in [1.807, 2.05) is 0 Å². The number of aliphatic carboxylic acids is 1. The summed E-state index contributed by atoms with van der Waals surface area (Å²) in [6.45, 7) is 8.89. The summed E-state index contributed by atoms with van der Waals surface area (Å²) in [5.41, 5.74) is -8.14. The summed E-state index contributed by atoms with van der Waals surface area (Å²) in [6.07, 6.45) is -3.81. The number of nitrogens with zero attached hydrogens (tertiary/aromatic N) is 1. The minimum Gasteiger partial charge on any atom is -0.479 e. The molecule has 1 fully saturated rings. The molecule has 0 aliphatic heterocycles. The van der Waals surface area contributed by atoms with Crippen LogP contribution in [0.3, 0.4) is 0 Å². The van der Waals surface area contributed by atoms with E-state index in [0.29, 0.717) is 0 Å². The van der Waals surface area contributed by atoms with Crippen LogP contribution in [0.1, 0.15) is 48.0 Å². The van der Waals surface area contributed by atoms with Crippen LogP contribution < -0.4 is 0 Å². The number of carbonyl (C=O) groups excluding carboxylic acids is 3. The van der Waals surface area contributed by atoms with Crippen LogP contribution >= 0.6 is 0 Å². The quantitative estimate of drug-likeness (QED) is 0.587. The number of carbonyl (C=O) groups is 4. The van der Waals surface area contributed by atoms with Gasteiger partial charge in [0.25, 0.3) is 0 Å². The SMILES string of the molecule is COC(=O)[C@]1(N(C(=O)OC(C)(C)C)C(=O)OC(C)(C)C)C[C@]1(F)C(=O)O. The summed E-state index contributed by atoms with van der Waals surface area (Å²) in [6, 6.07) is 0. The lowest BCUT2D eigenvalue weighted by Crippen LogP contribution is -2.58. The minimum absolute atomic E-state index is 0.0590. The Bertz CT molecular complexity index is 607. The van der Waals surface area contributed by atoms with Crippen LogP contribution in [-0.2, 0) is 23.8 Å². The van der Waals surface area contributed by atoms with Crippen LogP contribution in [0.15, 0.2) is 0 Å². The molecule has 0 heterocycles. The Labute approximate surface area is 150 Å². The Balaban J connectivity index is 3.47. The van der Waals surface area contributed by atoms with Crippen LogP contribution in [0, 0.1) is 0 Å². The largest absolute Gasteiger partial charge is 0.479 e. The van der Waals surface area contributed by atoms with E-state index in [4.69, 9.17) is 14.6 Å². The second-order valence-corrected chi connectivity index (χ2v) is 7.93. The van der Waals surface area contributed by atoms with Gasteiger partial charge in [-0.1, -0.05) is 0 Å². The molecule has 0 saturated heterocycles. The number of methoxy groups -OCH3 is 1. The smallest absolute Gasteiger partial charge is 0.421 e. The van der Waals surface area contributed by atoms with Gasteiger partial charge < -0.3 is 19.3 Å². The highest BCUT2D eigenvalue weighted by molar-refractivity contribution is 6.06. The standard InChI is InChI=1S/C16H24FNO8/c1-13(2,3)25-11(22)18(12(23)26-14(4,5)6)16(10(21)24-7)8-15(16,17)9(19)20/h8H2,1-7H3,(H,19,20)/t15-,16+/m0/s1. The number of alkyl halides is 1. The number of imide groups is 1. The van der Waals surface area contributed by atoms with Gasteiger partial charge >= 0.3 is 24.1 Å². The van der Waals surface area contributed by atoms with Gasteiger partial charge in [0.1, 0.15) is 11.2 Å². The molecule has 9 nitrogen and oxygen atoms in total. The van der Waals surface area contributed by atoms with E-state index < -0.39 is 53.0 Å². The number of rotatable bonds is 3. The molecule has 26 heavy (non-hydrogen) atoms. The molecule has 0 spiro atoms. The molecule has 1 aliphatic carbocycles. The van der Waals surface area contributed by atoms with Crippen LogP contribution in [0.25, 0.3) is 0 Å². The summed E-state index contributed by atoms with van der Waals surface area (Å²) in [4.78, 5) is 48.7. The van der Waals surface area contributed by atoms with E-state index in [1.165, 1.54) is 41.5 Å². The Morgan fingerprint density at radius 3 is 1.58 bits per heavy atom.